The van der Waals surface area contributed by atoms with E-state index in [4.69, 9.17) is 4.74 Å². The molecule has 2 aromatic rings. The Morgan fingerprint density at radius 1 is 1.30 bits per heavy atom. The second-order valence-electron chi connectivity index (χ2n) is 5.12. The van der Waals surface area contributed by atoms with Gasteiger partial charge >= 0.3 is 12.0 Å². The highest BCUT2D eigenvalue weighted by molar-refractivity contribution is 5.80. The lowest BCUT2D eigenvalue weighted by Gasteiger charge is -2.14. The van der Waals surface area contributed by atoms with Crippen molar-refractivity contribution < 1.29 is 14.3 Å². The number of hydrogen-bond donors (Lipinski definition) is 2. The first kappa shape index (κ1) is 16.8. The Balaban J connectivity index is 1.78. The summed E-state index contributed by atoms with van der Waals surface area (Å²) in [6, 6.07) is 6.98. The van der Waals surface area contributed by atoms with Gasteiger partial charge in [-0.2, -0.15) is 0 Å². The Labute approximate surface area is 135 Å². The van der Waals surface area contributed by atoms with Crippen LogP contribution in [0.3, 0.4) is 0 Å². The summed E-state index contributed by atoms with van der Waals surface area (Å²) in [5, 5.41) is 5.31. The van der Waals surface area contributed by atoms with Crippen LogP contribution in [0.25, 0.3) is 11.0 Å². The lowest BCUT2D eigenvalue weighted by Crippen LogP contribution is -2.36. The fraction of sp³-hybridized carbons (Fsp3) is 0.438. The lowest BCUT2D eigenvalue weighted by molar-refractivity contribution is -0.147. The average Bonchev–Trinajstić information content (AvgIpc) is 2.98. The lowest BCUT2D eigenvalue weighted by atomic mass is 10.3. The molecule has 0 aliphatic rings. The molecular formula is C16H22N4O3. The number of benzene rings is 1. The topological polar surface area (TPSA) is 85.3 Å². The van der Waals surface area contributed by atoms with Crippen LogP contribution in [0.1, 0.15) is 26.3 Å². The first-order chi connectivity index (χ1) is 11.1. The van der Waals surface area contributed by atoms with Crippen LogP contribution in [0.2, 0.25) is 0 Å². The molecule has 23 heavy (non-hydrogen) atoms. The van der Waals surface area contributed by atoms with Gasteiger partial charge < -0.3 is 19.9 Å². The molecule has 0 saturated heterocycles. The molecule has 1 heterocycles. The highest BCUT2D eigenvalue weighted by Gasteiger charge is 2.18. The third-order valence-corrected chi connectivity index (χ3v) is 3.43. The first-order valence-electron chi connectivity index (χ1n) is 7.73. The summed E-state index contributed by atoms with van der Waals surface area (Å²) >= 11 is 0. The van der Waals surface area contributed by atoms with Crippen molar-refractivity contribution >= 4 is 23.0 Å². The number of fused-ring (bicyclic) bond motifs is 1. The van der Waals surface area contributed by atoms with Gasteiger partial charge in [-0.3, -0.25) is 0 Å². The molecule has 1 aromatic heterocycles. The molecule has 0 radical (unpaired) electrons. The number of nitrogens with one attached hydrogen (secondary N) is 2. The van der Waals surface area contributed by atoms with E-state index in [1.54, 1.807) is 17.8 Å². The van der Waals surface area contributed by atoms with E-state index in [0.717, 1.165) is 11.0 Å². The molecule has 2 amide bonds. The molecular weight excluding hydrogens is 296 g/mol. The minimum absolute atomic E-state index is 0.211. The van der Waals surface area contributed by atoms with Gasteiger partial charge in [-0.1, -0.05) is 12.1 Å². The molecule has 0 aliphatic heterocycles. The minimum Gasteiger partial charge on any atom is -0.464 e. The predicted octanol–water partition coefficient (Wildman–Crippen LogP) is 1.85. The van der Waals surface area contributed by atoms with Gasteiger partial charge in [-0.05, 0) is 32.4 Å². The number of aromatic nitrogens is 2. The number of hydrogen-bond acceptors (Lipinski definition) is 4. The molecule has 0 spiro atoms. The van der Waals surface area contributed by atoms with Crippen LogP contribution in [0, 0.1) is 0 Å². The van der Waals surface area contributed by atoms with Gasteiger partial charge in [-0.25, -0.2) is 14.6 Å². The average molecular weight is 318 g/mol. The van der Waals surface area contributed by atoms with Gasteiger partial charge in [0.15, 0.2) is 0 Å². The summed E-state index contributed by atoms with van der Waals surface area (Å²) in [6.07, 6.45) is 2.22. The van der Waals surface area contributed by atoms with Gasteiger partial charge in [0.25, 0.3) is 0 Å². The maximum Gasteiger partial charge on any atom is 0.328 e. The number of imidazole rings is 1. The molecule has 0 aliphatic carbocycles. The number of rotatable bonds is 7. The number of carbonyl (C=O) groups excluding carboxylic acids is 2. The molecule has 124 valence electrons. The molecule has 7 nitrogen and oxygen atoms in total. The van der Waals surface area contributed by atoms with E-state index < -0.39 is 6.04 Å². The third kappa shape index (κ3) is 4.45. The van der Waals surface area contributed by atoms with Crippen molar-refractivity contribution in [1.82, 2.24) is 20.2 Å². The van der Waals surface area contributed by atoms with Crippen LogP contribution in [-0.4, -0.2) is 41.2 Å². The van der Waals surface area contributed by atoms with Crippen molar-refractivity contribution in [3.63, 3.8) is 0 Å². The number of esters is 1. The summed E-state index contributed by atoms with van der Waals surface area (Å²) in [5.41, 5.74) is 1.74. The van der Waals surface area contributed by atoms with Crippen LogP contribution >= 0.6 is 0 Å². The van der Waals surface area contributed by atoms with Gasteiger partial charge in [0.05, 0.1) is 24.0 Å². The van der Waals surface area contributed by atoms with Crippen molar-refractivity contribution in [2.24, 2.45) is 0 Å². The molecule has 2 rings (SSSR count). The van der Waals surface area contributed by atoms with E-state index in [0.29, 0.717) is 19.5 Å². The van der Waals surface area contributed by atoms with Crippen LogP contribution < -0.4 is 10.6 Å². The van der Waals surface area contributed by atoms with Crippen molar-refractivity contribution in [2.75, 3.05) is 19.7 Å². The van der Waals surface area contributed by atoms with Crippen molar-refractivity contribution in [3.8, 4) is 0 Å². The quantitative estimate of drug-likeness (QED) is 0.602. The SMILES string of the molecule is CCNC(=O)NCCCOC(=O)[C@@H](C)n1cnc2ccccc21. The Hall–Kier alpha value is -2.57. The molecule has 1 aromatic carbocycles. The van der Waals surface area contributed by atoms with E-state index in [1.165, 1.54) is 0 Å². The Morgan fingerprint density at radius 3 is 2.87 bits per heavy atom. The number of amides is 2. The normalized spacial score (nSPS) is 11.9. The summed E-state index contributed by atoms with van der Waals surface area (Å²) in [7, 11) is 0. The molecule has 0 unspecified atom stereocenters. The Kier molecular flexibility index (Phi) is 5.96. The van der Waals surface area contributed by atoms with E-state index in [2.05, 4.69) is 15.6 Å². The van der Waals surface area contributed by atoms with Crippen LogP contribution in [-0.2, 0) is 9.53 Å². The number of nitrogens with zero attached hydrogens (tertiary/aromatic N) is 2. The van der Waals surface area contributed by atoms with Crippen molar-refractivity contribution in [3.05, 3.63) is 30.6 Å². The Morgan fingerprint density at radius 2 is 2.09 bits per heavy atom. The molecule has 7 heteroatoms. The monoisotopic (exact) mass is 318 g/mol. The second-order valence-corrected chi connectivity index (χ2v) is 5.12. The largest absolute Gasteiger partial charge is 0.464 e. The van der Waals surface area contributed by atoms with Gasteiger partial charge in [0, 0.05) is 13.1 Å². The van der Waals surface area contributed by atoms with Crippen LogP contribution in [0.4, 0.5) is 4.79 Å². The number of carbonyl (C=O) groups is 2. The standard InChI is InChI=1S/C16H22N4O3/c1-3-17-16(22)18-9-6-10-23-15(21)12(2)20-11-19-13-7-4-5-8-14(13)20/h4-5,7-8,11-12H,3,6,9-10H2,1-2H3,(H2,17,18,22)/t12-/m1/s1. The molecule has 0 saturated carbocycles. The van der Waals surface area contributed by atoms with E-state index >= 15 is 0 Å². The zero-order chi connectivity index (χ0) is 16.7. The van der Waals surface area contributed by atoms with E-state index in [9.17, 15) is 9.59 Å². The summed E-state index contributed by atoms with van der Waals surface area (Å²) in [4.78, 5) is 27.6. The van der Waals surface area contributed by atoms with Gasteiger partial charge in [-0.15, -0.1) is 0 Å². The van der Waals surface area contributed by atoms with Crippen LogP contribution in [0.5, 0.6) is 0 Å². The highest BCUT2D eigenvalue weighted by Crippen LogP contribution is 2.18. The zero-order valence-corrected chi connectivity index (χ0v) is 13.4. The minimum atomic E-state index is -0.446. The first-order valence-corrected chi connectivity index (χ1v) is 7.73. The maximum absolute atomic E-state index is 12.1. The Bertz CT molecular complexity index is 668. The van der Waals surface area contributed by atoms with Gasteiger partial charge in [0.2, 0.25) is 0 Å². The number of para-hydroxylation sites is 2. The molecule has 0 bridgehead atoms. The zero-order valence-electron chi connectivity index (χ0n) is 13.4. The summed E-state index contributed by atoms with van der Waals surface area (Å²) < 4.78 is 7.06. The maximum atomic E-state index is 12.1. The summed E-state index contributed by atoms with van der Waals surface area (Å²) in [5.74, 6) is -0.314. The van der Waals surface area contributed by atoms with E-state index in [1.807, 2.05) is 31.2 Å². The fourth-order valence-electron chi connectivity index (χ4n) is 2.19. The molecule has 0 fully saturated rings. The van der Waals surface area contributed by atoms with Crippen molar-refractivity contribution in [2.45, 2.75) is 26.3 Å². The van der Waals surface area contributed by atoms with Crippen LogP contribution in [0.15, 0.2) is 30.6 Å². The summed E-state index contributed by atoms with van der Waals surface area (Å²) in [6.45, 7) is 4.94. The predicted molar refractivity (Wildman–Crippen MR) is 87.1 cm³/mol. The highest BCUT2D eigenvalue weighted by atomic mass is 16.5. The fourth-order valence-corrected chi connectivity index (χ4v) is 2.19. The second kappa shape index (κ2) is 8.17. The molecule has 2 N–H and O–H groups in total. The smallest absolute Gasteiger partial charge is 0.328 e. The number of urea groups is 1. The van der Waals surface area contributed by atoms with E-state index in [-0.39, 0.29) is 18.6 Å². The van der Waals surface area contributed by atoms with Crippen molar-refractivity contribution in [1.29, 1.82) is 0 Å². The molecule has 1 atom stereocenters. The number of ether oxygens (including phenoxy) is 1. The third-order valence-electron chi connectivity index (χ3n) is 3.43. The van der Waals surface area contributed by atoms with Gasteiger partial charge in [0.1, 0.15) is 6.04 Å².